The molecule has 1 aromatic heterocycles. The molecule has 1 aromatic carbocycles. The van der Waals surface area contributed by atoms with Crippen LogP contribution in [0.15, 0.2) is 47.1 Å². The maximum Gasteiger partial charge on any atom is 0.282 e. The fraction of sp³-hybridized carbons (Fsp3) is 0.214. The fourth-order valence-electron chi connectivity index (χ4n) is 1.72. The monoisotopic (exact) mass is 306 g/mol. The standard InChI is InChI=1S/C14H14N2O4S/c17-14(12-5-1-2-6-13(12)16(18)19)15-7-9-21-10-11-4-3-8-20-11/h1-6,8H,7,9-10H2,(H,15,17). The lowest BCUT2D eigenvalue weighted by Gasteiger charge is -2.05. The predicted molar refractivity (Wildman–Crippen MR) is 80.3 cm³/mol. The molecule has 0 fully saturated rings. The SMILES string of the molecule is O=C(NCCSCc1ccco1)c1ccccc1[N+](=O)[O-]. The van der Waals surface area contributed by atoms with Crippen LogP contribution >= 0.6 is 11.8 Å². The van der Waals surface area contributed by atoms with Gasteiger partial charge in [0.15, 0.2) is 0 Å². The molecule has 0 saturated heterocycles. The van der Waals surface area contributed by atoms with E-state index >= 15 is 0 Å². The van der Waals surface area contributed by atoms with Crippen molar-refractivity contribution in [2.75, 3.05) is 12.3 Å². The number of amides is 1. The summed E-state index contributed by atoms with van der Waals surface area (Å²) in [5, 5.41) is 13.5. The van der Waals surface area contributed by atoms with Gasteiger partial charge in [0.1, 0.15) is 11.3 Å². The molecule has 1 N–H and O–H groups in total. The highest BCUT2D eigenvalue weighted by molar-refractivity contribution is 7.98. The van der Waals surface area contributed by atoms with Gasteiger partial charge in [-0.3, -0.25) is 14.9 Å². The molecule has 0 aliphatic carbocycles. The van der Waals surface area contributed by atoms with Gasteiger partial charge < -0.3 is 9.73 Å². The number of nitrogens with one attached hydrogen (secondary N) is 1. The molecule has 0 aliphatic rings. The van der Waals surface area contributed by atoms with Gasteiger partial charge in [0.25, 0.3) is 11.6 Å². The number of nitrogens with zero attached hydrogens (tertiary/aromatic N) is 1. The van der Waals surface area contributed by atoms with Crippen molar-refractivity contribution >= 4 is 23.4 Å². The molecule has 1 amide bonds. The number of rotatable bonds is 7. The van der Waals surface area contributed by atoms with Gasteiger partial charge in [-0.2, -0.15) is 11.8 Å². The molecule has 0 saturated carbocycles. The van der Waals surface area contributed by atoms with Crippen LogP contribution in [0.2, 0.25) is 0 Å². The molecule has 0 radical (unpaired) electrons. The van der Waals surface area contributed by atoms with E-state index in [1.54, 1.807) is 24.1 Å². The van der Waals surface area contributed by atoms with Gasteiger partial charge in [-0.1, -0.05) is 12.1 Å². The van der Waals surface area contributed by atoms with Crippen LogP contribution in [0.3, 0.4) is 0 Å². The van der Waals surface area contributed by atoms with Crippen LogP contribution in [0.4, 0.5) is 5.69 Å². The molecule has 0 unspecified atom stereocenters. The molecule has 21 heavy (non-hydrogen) atoms. The number of carbonyl (C=O) groups excluding carboxylic acids is 1. The molecule has 0 aliphatic heterocycles. The summed E-state index contributed by atoms with van der Waals surface area (Å²) >= 11 is 1.62. The van der Waals surface area contributed by atoms with Gasteiger partial charge in [0.2, 0.25) is 0 Å². The largest absolute Gasteiger partial charge is 0.468 e. The number of hydrogen-bond acceptors (Lipinski definition) is 5. The van der Waals surface area contributed by atoms with E-state index in [1.807, 2.05) is 12.1 Å². The van der Waals surface area contributed by atoms with Crippen LogP contribution in [0.1, 0.15) is 16.1 Å². The van der Waals surface area contributed by atoms with E-state index in [2.05, 4.69) is 5.32 Å². The topological polar surface area (TPSA) is 85.4 Å². The molecule has 110 valence electrons. The molecule has 7 heteroatoms. The first-order valence-electron chi connectivity index (χ1n) is 6.30. The van der Waals surface area contributed by atoms with Crippen LogP contribution in [0, 0.1) is 10.1 Å². The number of thioether (sulfide) groups is 1. The molecular formula is C14H14N2O4S. The second-order valence-electron chi connectivity index (χ2n) is 4.16. The van der Waals surface area contributed by atoms with Gasteiger partial charge >= 0.3 is 0 Å². The molecule has 2 rings (SSSR count). The van der Waals surface area contributed by atoms with Crippen molar-refractivity contribution in [3.63, 3.8) is 0 Å². The van der Waals surface area contributed by atoms with E-state index in [-0.39, 0.29) is 11.3 Å². The van der Waals surface area contributed by atoms with Gasteiger partial charge in [-0.15, -0.1) is 0 Å². The third-order valence-corrected chi connectivity index (χ3v) is 3.68. The lowest BCUT2D eigenvalue weighted by Crippen LogP contribution is -2.26. The molecule has 0 spiro atoms. The summed E-state index contributed by atoms with van der Waals surface area (Å²) in [4.78, 5) is 22.2. The first-order chi connectivity index (χ1) is 10.2. The minimum absolute atomic E-state index is 0.0820. The Kier molecular flexibility index (Phi) is 5.39. The molecule has 6 nitrogen and oxygen atoms in total. The van der Waals surface area contributed by atoms with E-state index in [0.717, 1.165) is 11.5 Å². The minimum Gasteiger partial charge on any atom is -0.468 e. The maximum absolute atomic E-state index is 11.9. The Labute approximate surface area is 125 Å². The minimum atomic E-state index is -0.555. The predicted octanol–water partition coefficient (Wildman–Crippen LogP) is 2.85. The zero-order valence-electron chi connectivity index (χ0n) is 11.2. The number of carbonyl (C=O) groups is 1. The second kappa shape index (κ2) is 7.49. The summed E-state index contributed by atoms with van der Waals surface area (Å²) in [7, 11) is 0. The Morgan fingerprint density at radius 3 is 2.81 bits per heavy atom. The highest BCUT2D eigenvalue weighted by Gasteiger charge is 2.18. The summed E-state index contributed by atoms with van der Waals surface area (Å²) in [5.41, 5.74) is -0.100. The molecule has 1 heterocycles. The van der Waals surface area contributed by atoms with Crippen LogP contribution in [-0.2, 0) is 5.75 Å². The summed E-state index contributed by atoms with van der Waals surface area (Å²) in [5.74, 6) is 1.88. The number of para-hydroxylation sites is 1. The average Bonchev–Trinajstić information content (AvgIpc) is 3.00. The summed E-state index contributed by atoms with van der Waals surface area (Å²) in [6, 6.07) is 9.62. The van der Waals surface area contributed by atoms with E-state index in [9.17, 15) is 14.9 Å². The smallest absolute Gasteiger partial charge is 0.282 e. The van der Waals surface area contributed by atoms with Crippen LogP contribution < -0.4 is 5.32 Å². The van der Waals surface area contributed by atoms with Crippen molar-refractivity contribution in [1.82, 2.24) is 5.32 Å². The van der Waals surface area contributed by atoms with Crippen molar-refractivity contribution in [1.29, 1.82) is 0 Å². The van der Waals surface area contributed by atoms with Crippen molar-refractivity contribution < 1.29 is 14.1 Å². The van der Waals surface area contributed by atoms with Gasteiger partial charge in [0, 0.05) is 18.4 Å². The zero-order valence-corrected chi connectivity index (χ0v) is 12.0. The number of nitro groups is 1. The third kappa shape index (κ3) is 4.35. The highest BCUT2D eigenvalue weighted by Crippen LogP contribution is 2.17. The second-order valence-corrected chi connectivity index (χ2v) is 5.27. The quantitative estimate of drug-likeness (QED) is 0.483. The molecule has 0 atom stereocenters. The molecule has 0 bridgehead atoms. The van der Waals surface area contributed by atoms with Crippen molar-refractivity contribution in [2.45, 2.75) is 5.75 Å². The summed E-state index contributed by atoms with van der Waals surface area (Å²) < 4.78 is 5.19. The lowest BCUT2D eigenvalue weighted by molar-refractivity contribution is -0.385. The average molecular weight is 306 g/mol. The maximum atomic E-state index is 11.9. The van der Waals surface area contributed by atoms with Crippen LogP contribution in [0.5, 0.6) is 0 Å². The zero-order chi connectivity index (χ0) is 15.1. The van der Waals surface area contributed by atoms with Gasteiger partial charge in [-0.25, -0.2) is 0 Å². The van der Waals surface area contributed by atoms with Crippen LogP contribution in [-0.4, -0.2) is 23.1 Å². The van der Waals surface area contributed by atoms with Crippen molar-refractivity contribution in [2.24, 2.45) is 0 Å². The Hall–Kier alpha value is -2.28. The van der Waals surface area contributed by atoms with Crippen molar-refractivity contribution in [3.05, 3.63) is 64.1 Å². The first-order valence-corrected chi connectivity index (χ1v) is 7.45. The highest BCUT2D eigenvalue weighted by atomic mass is 32.2. The number of furan rings is 1. The van der Waals surface area contributed by atoms with E-state index in [4.69, 9.17) is 4.42 Å². The third-order valence-electron chi connectivity index (χ3n) is 2.70. The Balaban J connectivity index is 1.78. The first kappa shape index (κ1) is 15.1. The normalized spacial score (nSPS) is 10.3. The van der Waals surface area contributed by atoms with Crippen molar-refractivity contribution in [3.8, 4) is 0 Å². The van der Waals surface area contributed by atoms with E-state index in [1.165, 1.54) is 18.2 Å². The number of nitro benzene ring substituents is 1. The summed E-state index contributed by atoms with van der Waals surface area (Å²) in [6.07, 6.45) is 1.62. The molecule has 2 aromatic rings. The number of benzene rings is 1. The summed E-state index contributed by atoms with van der Waals surface area (Å²) in [6.45, 7) is 0.441. The van der Waals surface area contributed by atoms with E-state index < -0.39 is 10.8 Å². The number of hydrogen-bond donors (Lipinski definition) is 1. The van der Waals surface area contributed by atoms with Gasteiger partial charge in [0.05, 0.1) is 16.9 Å². The lowest BCUT2D eigenvalue weighted by atomic mass is 10.1. The Morgan fingerprint density at radius 1 is 1.29 bits per heavy atom. The molecular weight excluding hydrogens is 292 g/mol. The van der Waals surface area contributed by atoms with Gasteiger partial charge in [-0.05, 0) is 18.2 Å². The van der Waals surface area contributed by atoms with Crippen LogP contribution in [0.25, 0.3) is 0 Å². The fourth-order valence-corrected chi connectivity index (χ4v) is 2.48. The van der Waals surface area contributed by atoms with E-state index in [0.29, 0.717) is 12.3 Å². The Morgan fingerprint density at radius 2 is 2.10 bits per heavy atom. The Bertz CT molecular complexity index is 613.